The summed E-state index contributed by atoms with van der Waals surface area (Å²) < 4.78 is 25.9. The molecule has 6 heteroatoms. The van der Waals surface area contributed by atoms with E-state index in [9.17, 15) is 13.2 Å². The van der Waals surface area contributed by atoms with Gasteiger partial charge in [0, 0.05) is 0 Å². The molecule has 0 radical (unpaired) electrons. The van der Waals surface area contributed by atoms with Crippen LogP contribution in [0.2, 0.25) is 0 Å². The van der Waals surface area contributed by atoms with Gasteiger partial charge in [0.2, 0.25) is 10.0 Å². The molecular weight excluding hydrogens is 242 g/mol. The Labute approximate surface area is 104 Å². The van der Waals surface area contributed by atoms with E-state index in [2.05, 4.69) is 4.72 Å². The fraction of sp³-hybridized carbons (Fsp3) is 0.909. The summed E-state index contributed by atoms with van der Waals surface area (Å²) >= 11 is 0. The minimum absolute atomic E-state index is 0.0974. The lowest BCUT2D eigenvalue weighted by Crippen LogP contribution is -2.50. The first kappa shape index (κ1) is 16.4. The Morgan fingerprint density at radius 2 is 1.59 bits per heavy atom. The summed E-state index contributed by atoms with van der Waals surface area (Å²) in [7, 11) is -3.60. The van der Waals surface area contributed by atoms with Crippen LogP contribution in [0.15, 0.2) is 0 Å². The highest BCUT2D eigenvalue weighted by Crippen LogP contribution is 2.22. The van der Waals surface area contributed by atoms with Crippen LogP contribution < -0.4 is 4.72 Å². The Kier molecular flexibility index (Phi) is 4.76. The number of aliphatic carboxylic acids is 1. The van der Waals surface area contributed by atoms with E-state index in [1.165, 1.54) is 0 Å². The fourth-order valence-corrected chi connectivity index (χ4v) is 3.43. The number of rotatable bonds is 4. The molecule has 0 heterocycles. The summed E-state index contributed by atoms with van der Waals surface area (Å²) in [6.07, 6.45) is 0. The molecule has 0 aromatic heterocycles. The molecule has 0 bridgehead atoms. The van der Waals surface area contributed by atoms with Gasteiger partial charge in [0.05, 0.1) is 5.75 Å². The molecule has 0 fully saturated rings. The van der Waals surface area contributed by atoms with Crippen LogP contribution >= 0.6 is 0 Å². The second-order valence-corrected chi connectivity index (χ2v) is 8.33. The first-order valence-corrected chi connectivity index (χ1v) is 7.13. The van der Waals surface area contributed by atoms with Crippen LogP contribution in [0.4, 0.5) is 0 Å². The maximum atomic E-state index is 11.8. The van der Waals surface area contributed by atoms with E-state index >= 15 is 0 Å². The second kappa shape index (κ2) is 4.94. The van der Waals surface area contributed by atoms with E-state index in [0.29, 0.717) is 0 Å². The van der Waals surface area contributed by atoms with Gasteiger partial charge in [0.15, 0.2) is 0 Å². The van der Waals surface area contributed by atoms with Gasteiger partial charge in [-0.05, 0) is 10.8 Å². The van der Waals surface area contributed by atoms with Crippen molar-refractivity contribution in [2.45, 2.75) is 47.6 Å². The van der Waals surface area contributed by atoms with E-state index in [0.717, 1.165) is 0 Å². The van der Waals surface area contributed by atoms with E-state index in [4.69, 9.17) is 5.11 Å². The van der Waals surface area contributed by atoms with Gasteiger partial charge in [-0.3, -0.25) is 4.79 Å². The van der Waals surface area contributed by atoms with Gasteiger partial charge in [-0.1, -0.05) is 41.5 Å². The highest BCUT2D eigenvalue weighted by Gasteiger charge is 2.35. The largest absolute Gasteiger partial charge is 0.480 e. The van der Waals surface area contributed by atoms with Crippen molar-refractivity contribution in [1.82, 2.24) is 4.72 Å². The van der Waals surface area contributed by atoms with Gasteiger partial charge in [0.1, 0.15) is 6.04 Å². The van der Waals surface area contributed by atoms with E-state index in [1.807, 2.05) is 0 Å². The number of sulfonamides is 1. The Hall–Kier alpha value is -0.620. The third-order valence-electron chi connectivity index (χ3n) is 2.03. The quantitative estimate of drug-likeness (QED) is 0.806. The molecule has 0 saturated carbocycles. The molecule has 0 saturated heterocycles. The van der Waals surface area contributed by atoms with E-state index in [-0.39, 0.29) is 5.75 Å². The van der Waals surface area contributed by atoms with Gasteiger partial charge in [-0.2, -0.15) is 0 Å². The smallest absolute Gasteiger partial charge is 0.322 e. The third kappa shape index (κ3) is 6.63. The van der Waals surface area contributed by atoms with Crippen molar-refractivity contribution in [3.8, 4) is 0 Å². The number of hydrogen-bond donors (Lipinski definition) is 2. The molecule has 0 aromatic carbocycles. The molecule has 0 unspecified atom stereocenters. The number of hydrogen-bond acceptors (Lipinski definition) is 3. The van der Waals surface area contributed by atoms with Crippen LogP contribution in [-0.4, -0.2) is 31.3 Å². The Bertz CT molecular complexity index is 373. The zero-order chi connectivity index (χ0) is 14.1. The van der Waals surface area contributed by atoms with Gasteiger partial charge < -0.3 is 5.11 Å². The van der Waals surface area contributed by atoms with Crippen molar-refractivity contribution >= 4 is 16.0 Å². The van der Waals surface area contributed by atoms with Crippen molar-refractivity contribution in [3.05, 3.63) is 0 Å². The molecule has 0 aliphatic rings. The average molecular weight is 265 g/mol. The average Bonchev–Trinajstić information content (AvgIpc) is 1.92. The van der Waals surface area contributed by atoms with Crippen LogP contribution in [0.1, 0.15) is 41.5 Å². The highest BCUT2D eigenvalue weighted by molar-refractivity contribution is 7.89. The summed E-state index contributed by atoms with van der Waals surface area (Å²) in [5, 5.41) is 9.04. The maximum absolute atomic E-state index is 11.8. The molecule has 5 nitrogen and oxygen atoms in total. The normalized spacial score (nSPS) is 15.6. The van der Waals surface area contributed by atoms with Crippen molar-refractivity contribution in [2.24, 2.45) is 10.8 Å². The molecule has 0 rings (SSSR count). The highest BCUT2D eigenvalue weighted by atomic mass is 32.2. The molecular formula is C11H23NO4S. The van der Waals surface area contributed by atoms with Crippen LogP contribution in [-0.2, 0) is 14.8 Å². The van der Waals surface area contributed by atoms with Crippen molar-refractivity contribution in [1.29, 1.82) is 0 Å². The summed E-state index contributed by atoms with van der Waals surface area (Å²) in [5.74, 6) is -1.25. The topological polar surface area (TPSA) is 83.5 Å². The van der Waals surface area contributed by atoms with Crippen LogP contribution in [0, 0.1) is 10.8 Å². The molecule has 102 valence electrons. The predicted molar refractivity (Wildman–Crippen MR) is 67.3 cm³/mol. The molecule has 0 aliphatic heterocycles. The van der Waals surface area contributed by atoms with Crippen LogP contribution in [0.5, 0.6) is 0 Å². The lowest BCUT2D eigenvalue weighted by Gasteiger charge is -2.29. The zero-order valence-corrected chi connectivity index (χ0v) is 12.2. The van der Waals surface area contributed by atoms with Crippen molar-refractivity contribution in [3.63, 3.8) is 0 Å². The number of carbonyl (C=O) groups is 1. The molecule has 2 N–H and O–H groups in total. The van der Waals surface area contributed by atoms with Crippen LogP contribution in [0.3, 0.4) is 0 Å². The minimum Gasteiger partial charge on any atom is -0.480 e. The van der Waals surface area contributed by atoms with Crippen molar-refractivity contribution in [2.75, 3.05) is 5.75 Å². The first-order chi connectivity index (χ1) is 7.25. The summed E-state index contributed by atoms with van der Waals surface area (Å²) in [6.45, 7) is 10.4. The van der Waals surface area contributed by atoms with Gasteiger partial charge in [0.25, 0.3) is 0 Å². The number of nitrogens with one attached hydrogen (secondary N) is 1. The Balaban J connectivity index is 4.97. The number of carboxylic acid groups (broad SMARTS) is 1. The van der Waals surface area contributed by atoms with Gasteiger partial charge >= 0.3 is 5.97 Å². The summed E-state index contributed by atoms with van der Waals surface area (Å²) in [6, 6.07) is -1.12. The second-order valence-electron chi connectivity index (χ2n) is 6.57. The van der Waals surface area contributed by atoms with E-state index in [1.54, 1.807) is 41.5 Å². The monoisotopic (exact) mass is 265 g/mol. The van der Waals surface area contributed by atoms with Gasteiger partial charge in [-0.25, -0.2) is 13.1 Å². The Morgan fingerprint density at radius 3 is 1.82 bits per heavy atom. The maximum Gasteiger partial charge on any atom is 0.322 e. The first-order valence-electron chi connectivity index (χ1n) is 5.47. The third-order valence-corrected chi connectivity index (χ3v) is 3.87. The van der Waals surface area contributed by atoms with E-state index < -0.39 is 32.9 Å². The minimum atomic E-state index is -3.60. The zero-order valence-electron chi connectivity index (χ0n) is 11.4. The standard InChI is InChI=1S/C11H23NO4S/c1-10(2,3)7-17(15,16)12-8(9(13)14)11(4,5)6/h8,12H,7H2,1-6H3,(H,13,14)/t8-/m1/s1. The van der Waals surface area contributed by atoms with Crippen LogP contribution in [0.25, 0.3) is 0 Å². The van der Waals surface area contributed by atoms with Gasteiger partial charge in [-0.15, -0.1) is 0 Å². The fourth-order valence-electron chi connectivity index (χ4n) is 1.39. The molecule has 1 atom stereocenters. The predicted octanol–water partition coefficient (Wildman–Crippen LogP) is 1.45. The number of carboxylic acids is 1. The Morgan fingerprint density at radius 1 is 1.18 bits per heavy atom. The SMILES string of the molecule is CC(C)(C)CS(=O)(=O)N[C@H](C(=O)O)C(C)(C)C. The summed E-state index contributed by atoms with van der Waals surface area (Å²) in [4.78, 5) is 11.1. The summed E-state index contributed by atoms with van der Waals surface area (Å²) in [5.41, 5.74) is -1.08. The molecule has 0 amide bonds. The molecule has 0 aliphatic carbocycles. The molecule has 17 heavy (non-hydrogen) atoms. The lowest BCUT2D eigenvalue weighted by atomic mass is 9.88. The molecule has 0 spiro atoms. The lowest BCUT2D eigenvalue weighted by molar-refractivity contribution is -0.141. The van der Waals surface area contributed by atoms with Crippen molar-refractivity contribution < 1.29 is 18.3 Å². The molecule has 0 aromatic rings.